The van der Waals surface area contributed by atoms with Gasteiger partial charge in [0.2, 0.25) is 0 Å². The number of hydrogen-bond acceptors (Lipinski definition) is 6. The summed E-state index contributed by atoms with van der Waals surface area (Å²) in [5.74, 6) is -0.413. The average Bonchev–Trinajstić information content (AvgIpc) is 2.85. The maximum absolute atomic E-state index is 12.0. The first-order chi connectivity index (χ1) is 10.4. The van der Waals surface area contributed by atoms with Crippen molar-refractivity contribution in [2.45, 2.75) is 0 Å². The van der Waals surface area contributed by atoms with E-state index in [1.807, 2.05) is 6.07 Å². The summed E-state index contributed by atoms with van der Waals surface area (Å²) in [6.07, 6.45) is 1.35. The highest BCUT2D eigenvalue weighted by Crippen LogP contribution is 2.37. The van der Waals surface area contributed by atoms with Crippen molar-refractivity contribution >= 4 is 27.6 Å². The number of anilines is 1. The molecular formula is C14H12BrN3O4. The molecule has 7 nitrogen and oxygen atoms in total. The van der Waals surface area contributed by atoms with Crippen LogP contribution in [0.15, 0.2) is 22.8 Å². The van der Waals surface area contributed by atoms with Crippen LogP contribution < -0.4 is 10.5 Å². The molecule has 0 aliphatic heterocycles. The molecule has 8 heteroatoms. The number of rotatable bonds is 3. The van der Waals surface area contributed by atoms with E-state index in [9.17, 15) is 9.90 Å². The summed E-state index contributed by atoms with van der Waals surface area (Å²) in [6.45, 7) is 0. The zero-order valence-corrected chi connectivity index (χ0v) is 13.3. The number of nitriles is 1. The van der Waals surface area contributed by atoms with Crippen LogP contribution >= 0.6 is 15.9 Å². The third-order valence-corrected chi connectivity index (χ3v) is 3.66. The van der Waals surface area contributed by atoms with Gasteiger partial charge in [0, 0.05) is 12.3 Å². The van der Waals surface area contributed by atoms with Gasteiger partial charge in [0.05, 0.1) is 35.6 Å². The topological polar surface area (TPSA) is 110 Å². The molecule has 22 heavy (non-hydrogen) atoms. The lowest BCUT2D eigenvalue weighted by Crippen LogP contribution is -2.11. The number of methoxy groups -OCH3 is 2. The molecular weight excluding hydrogens is 354 g/mol. The summed E-state index contributed by atoms with van der Waals surface area (Å²) in [7, 11) is 2.67. The predicted octanol–water partition coefficient (Wildman–Crippen LogP) is 2.19. The number of phenolic OH excluding ortho intramolecular Hbond substituents is 1. The number of carbonyl (C=O) groups is 1. The van der Waals surface area contributed by atoms with Crippen molar-refractivity contribution in [2.24, 2.45) is 0 Å². The van der Waals surface area contributed by atoms with Crippen LogP contribution in [0.1, 0.15) is 16.1 Å². The van der Waals surface area contributed by atoms with Gasteiger partial charge in [-0.1, -0.05) is 0 Å². The van der Waals surface area contributed by atoms with Crippen LogP contribution in [0.5, 0.6) is 11.5 Å². The number of benzene rings is 1. The Labute approximate surface area is 134 Å². The first-order valence-electron chi connectivity index (χ1n) is 6.00. The highest BCUT2D eigenvalue weighted by atomic mass is 79.9. The highest BCUT2D eigenvalue weighted by Gasteiger charge is 2.24. The fraction of sp³-hybridized carbons (Fsp3) is 0.143. The maximum Gasteiger partial charge on any atom is 0.357 e. The fourth-order valence-corrected chi connectivity index (χ4v) is 2.40. The van der Waals surface area contributed by atoms with E-state index in [1.165, 1.54) is 31.0 Å². The third-order valence-electron chi connectivity index (χ3n) is 3.06. The van der Waals surface area contributed by atoms with E-state index in [1.54, 1.807) is 6.07 Å². The number of nitrogens with zero attached hydrogens (tertiary/aromatic N) is 2. The SMILES string of the molecule is COC(=O)c1c(N)c(C#N)cn1-c1cc(OC)cc(Br)c1O. The summed E-state index contributed by atoms with van der Waals surface area (Å²) in [5, 5.41) is 19.3. The van der Waals surface area contributed by atoms with E-state index in [2.05, 4.69) is 20.7 Å². The summed E-state index contributed by atoms with van der Waals surface area (Å²) in [4.78, 5) is 12.0. The van der Waals surface area contributed by atoms with Crippen molar-refractivity contribution < 1.29 is 19.4 Å². The number of hydrogen-bond donors (Lipinski definition) is 2. The van der Waals surface area contributed by atoms with E-state index < -0.39 is 5.97 Å². The Hall–Kier alpha value is -2.66. The van der Waals surface area contributed by atoms with E-state index in [0.717, 1.165) is 0 Å². The molecule has 0 radical (unpaired) electrons. The van der Waals surface area contributed by atoms with Crippen LogP contribution in [0, 0.1) is 11.3 Å². The number of esters is 1. The zero-order chi connectivity index (χ0) is 16.4. The summed E-state index contributed by atoms with van der Waals surface area (Å²) >= 11 is 3.20. The van der Waals surface area contributed by atoms with Crippen molar-refractivity contribution in [2.75, 3.05) is 20.0 Å². The first-order valence-corrected chi connectivity index (χ1v) is 6.80. The predicted molar refractivity (Wildman–Crippen MR) is 82.2 cm³/mol. The monoisotopic (exact) mass is 365 g/mol. The Morgan fingerprint density at radius 2 is 2.14 bits per heavy atom. The first kappa shape index (κ1) is 15.7. The molecule has 0 aliphatic carbocycles. The van der Waals surface area contributed by atoms with Gasteiger partial charge in [0.15, 0.2) is 11.4 Å². The molecule has 0 atom stereocenters. The third kappa shape index (κ3) is 2.46. The number of phenols is 1. The second-order valence-corrected chi connectivity index (χ2v) is 5.11. The van der Waals surface area contributed by atoms with Crippen molar-refractivity contribution in [1.29, 1.82) is 5.26 Å². The molecule has 2 aromatic rings. The van der Waals surface area contributed by atoms with E-state index in [4.69, 9.17) is 15.7 Å². The Morgan fingerprint density at radius 1 is 1.45 bits per heavy atom. The lowest BCUT2D eigenvalue weighted by Gasteiger charge is -2.13. The molecule has 0 fully saturated rings. The van der Waals surface area contributed by atoms with E-state index in [-0.39, 0.29) is 28.4 Å². The van der Waals surface area contributed by atoms with Gasteiger partial charge >= 0.3 is 5.97 Å². The maximum atomic E-state index is 12.0. The van der Waals surface area contributed by atoms with Crippen LogP contribution in [-0.2, 0) is 4.74 Å². The number of nitrogens with two attached hydrogens (primary N) is 1. The van der Waals surface area contributed by atoms with Gasteiger partial charge in [-0.05, 0) is 22.0 Å². The number of ether oxygens (including phenoxy) is 2. The zero-order valence-electron chi connectivity index (χ0n) is 11.8. The lowest BCUT2D eigenvalue weighted by molar-refractivity contribution is 0.0593. The van der Waals surface area contributed by atoms with Crippen LogP contribution in [0.25, 0.3) is 5.69 Å². The van der Waals surface area contributed by atoms with Gasteiger partial charge in [0.1, 0.15) is 11.8 Å². The van der Waals surface area contributed by atoms with Crippen LogP contribution in [-0.4, -0.2) is 29.9 Å². The molecule has 1 aromatic carbocycles. The van der Waals surface area contributed by atoms with Gasteiger partial charge in [-0.2, -0.15) is 5.26 Å². The molecule has 2 rings (SSSR count). The van der Waals surface area contributed by atoms with Gasteiger partial charge in [-0.25, -0.2) is 4.79 Å². The molecule has 1 heterocycles. The van der Waals surface area contributed by atoms with Crippen LogP contribution in [0.2, 0.25) is 0 Å². The van der Waals surface area contributed by atoms with Gasteiger partial charge in [0.25, 0.3) is 0 Å². The van der Waals surface area contributed by atoms with Crippen molar-refractivity contribution in [3.8, 4) is 23.3 Å². The number of aromatic hydroxyl groups is 1. The molecule has 0 bridgehead atoms. The standard InChI is InChI=1S/C14H12BrN3O4/c1-21-8-3-9(15)13(19)10(4-8)18-6-7(5-16)11(17)12(18)14(20)22-2/h3-4,6,19H,17H2,1-2H3. The van der Waals surface area contributed by atoms with Gasteiger partial charge in [-0.15, -0.1) is 0 Å². The number of carbonyl (C=O) groups excluding carboxylic acids is 1. The largest absolute Gasteiger partial charge is 0.505 e. The highest BCUT2D eigenvalue weighted by molar-refractivity contribution is 9.10. The summed E-state index contributed by atoms with van der Waals surface area (Å²) < 4.78 is 11.5. The van der Waals surface area contributed by atoms with Crippen molar-refractivity contribution in [3.05, 3.63) is 34.1 Å². The van der Waals surface area contributed by atoms with E-state index >= 15 is 0 Å². The summed E-state index contributed by atoms with van der Waals surface area (Å²) in [6, 6.07) is 4.96. The van der Waals surface area contributed by atoms with Gasteiger partial charge < -0.3 is 24.9 Å². The Bertz CT molecular complexity index is 792. The quantitative estimate of drug-likeness (QED) is 0.806. The molecule has 0 spiro atoms. The second kappa shape index (κ2) is 5.99. The van der Waals surface area contributed by atoms with Crippen molar-refractivity contribution in [3.63, 3.8) is 0 Å². The molecule has 114 valence electrons. The average molecular weight is 366 g/mol. The minimum absolute atomic E-state index is 0.0207. The Kier molecular flexibility index (Phi) is 4.28. The lowest BCUT2D eigenvalue weighted by atomic mass is 10.2. The molecule has 0 saturated carbocycles. The van der Waals surface area contributed by atoms with Gasteiger partial charge in [-0.3, -0.25) is 0 Å². The second-order valence-electron chi connectivity index (χ2n) is 4.26. The number of nitrogen functional groups attached to an aromatic ring is 1. The smallest absolute Gasteiger partial charge is 0.357 e. The molecule has 0 amide bonds. The number of aromatic nitrogens is 1. The molecule has 1 aromatic heterocycles. The van der Waals surface area contributed by atoms with E-state index in [0.29, 0.717) is 10.2 Å². The Morgan fingerprint density at radius 3 is 2.68 bits per heavy atom. The molecule has 0 saturated heterocycles. The van der Waals surface area contributed by atoms with Crippen molar-refractivity contribution in [1.82, 2.24) is 4.57 Å². The number of halogens is 1. The molecule has 3 N–H and O–H groups in total. The Balaban J connectivity index is 2.81. The summed E-state index contributed by atoms with van der Waals surface area (Å²) in [5.41, 5.74) is 6.07. The fourth-order valence-electron chi connectivity index (χ4n) is 1.97. The molecule has 0 unspecified atom stereocenters. The molecule has 0 aliphatic rings. The minimum atomic E-state index is -0.725. The van der Waals surface area contributed by atoms with Crippen LogP contribution in [0.4, 0.5) is 5.69 Å². The van der Waals surface area contributed by atoms with Crippen LogP contribution in [0.3, 0.4) is 0 Å². The normalized spacial score (nSPS) is 10.1. The minimum Gasteiger partial charge on any atom is -0.505 e.